The topological polar surface area (TPSA) is 76.2 Å². The van der Waals surface area contributed by atoms with Gasteiger partial charge in [-0.2, -0.15) is 0 Å². The average molecular weight is 450 g/mol. The van der Waals surface area contributed by atoms with Crippen molar-refractivity contribution in [2.75, 3.05) is 43.5 Å². The lowest BCUT2D eigenvalue weighted by molar-refractivity contribution is 0.825. The zero-order chi connectivity index (χ0) is 23.1. The van der Waals surface area contributed by atoms with E-state index in [-0.39, 0.29) is 0 Å². The molecule has 0 saturated heterocycles. The Labute approximate surface area is 198 Å². The Morgan fingerprint density at radius 3 is 2.21 bits per heavy atom. The van der Waals surface area contributed by atoms with Crippen molar-refractivity contribution >= 4 is 39.7 Å². The highest BCUT2D eigenvalue weighted by molar-refractivity contribution is 5.87. The number of imidazole rings is 2. The zero-order valence-corrected chi connectivity index (χ0v) is 19.4. The van der Waals surface area contributed by atoms with E-state index in [9.17, 15) is 0 Å². The average Bonchev–Trinajstić information content (AvgIpc) is 3.38. The van der Waals surface area contributed by atoms with Gasteiger partial charge in [0.15, 0.2) is 0 Å². The lowest BCUT2D eigenvalue weighted by Crippen LogP contribution is -2.25. The fourth-order valence-corrected chi connectivity index (χ4v) is 4.48. The highest BCUT2D eigenvalue weighted by Crippen LogP contribution is 2.28. The van der Waals surface area contributed by atoms with Crippen molar-refractivity contribution in [3.8, 4) is 22.8 Å². The number of fused-ring (bicyclic) bond motifs is 2. The van der Waals surface area contributed by atoms with E-state index in [1.54, 1.807) is 0 Å². The highest BCUT2D eigenvalue weighted by Gasteiger charge is 2.13. The summed E-state index contributed by atoms with van der Waals surface area (Å²) in [4.78, 5) is 25.6. The van der Waals surface area contributed by atoms with Crippen LogP contribution >= 0.6 is 0 Å². The molecule has 2 aromatic heterocycles. The van der Waals surface area contributed by atoms with Crippen LogP contribution in [0.1, 0.15) is 6.42 Å². The SMILES string of the molecule is CN(C)c1ccc(-c2nc3cc(-c4nc5cc(N6CCC=NCC6)ccc5[nH]4)ccc3[nH]2)cc1. The third kappa shape index (κ3) is 3.79. The molecule has 3 heterocycles. The van der Waals surface area contributed by atoms with Crippen molar-refractivity contribution in [2.45, 2.75) is 6.42 Å². The standard InChI is InChI=1S/C27H27N7/c1-33(2)20-7-4-18(5-8-20)26-29-22-10-6-19(16-24(22)31-26)27-30-23-11-9-21(17-25(23)32-27)34-14-3-12-28-13-15-34/h4-12,16-17H,3,13-15H2,1-2H3,(H,29,31)(H,30,32). The normalized spacial score (nSPS) is 14.1. The van der Waals surface area contributed by atoms with Gasteiger partial charge in [-0.25, -0.2) is 9.97 Å². The van der Waals surface area contributed by atoms with Gasteiger partial charge in [-0.15, -0.1) is 0 Å². The van der Waals surface area contributed by atoms with Gasteiger partial charge in [-0.3, -0.25) is 4.99 Å². The van der Waals surface area contributed by atoms with Crippen molar-refractivity contribution in [1.82, 2.24) is 19.9 Å². The van der Waals surface area contributed by atoms with Crippen LogP contribution in [0.15, 0.2) is 65.7 Å². The maximum atomic E-state index is 4.90. The summed E-state index contributed by atoms with van der Waals surface area (Å²) in [6, 6.07) is 21.1. The van der Waals surface area contributed by atoms with Crippen LogP contribution in [0.25, 0.3) is 44.8 Å². The van der Waals surface area contributed by atoms with Gasteiger partial charge in [-0.05, 0) is 67.1 Å². The molecule has 0 spiro atoms. The van der Waals surface area contributed by atoms with Crippen LogP contribution in [0.2, 0.25) is 0 Å². The monoisotopic (exact) mass is 449 g/mol. The molecule has 7 heteroatoms. The Kier molecular flexibility index (Phi) is 5.02. The molecule has 0 amide bonds. The van der Waals surface area contributed by atoms with Gasteiger partial charge in [0.25, 0.3) is 0 Å². The van der Waals surface area contributed by atoms with Gasteiger partial charge >= 0.3 is 0 Å². The quantitative estimate of drug-likeness (QED) is 0.399. The number of nitrogens with one attached hydrogen (secondary N) is 2. The Bertz CT molecular complexity index is 1480. The first-order valence-electron chi connectivity index (χ1n) is 11.6. The Hall–Kier alpha value is -4.13. The molecule has 0 unspecified atom stereocenters. The first-order valence-corrected chi connectivity index (χ1v) is 11.6. The second-order valence-electron chi connectivity index (χ2n) is 8.91. The molecular formula is C27H27N7. The van der Waals surface area contributed by atoms with Crippen molar-refractivity contribution in [3.05, 3.63) is 60.7 Å². The largest absolute Gasteiger partial charge is 0.378 e. The number of aromatic amines is 2. The number of hydrogen-bond donors (Lipinski definition) is 2. The first kappa shape index (κ1) is 20.5. The number of anilines is 2. The molecule has 0 fully saturated rings. The molecule has 1 aliphatic heterocycles. The molecule has 3 aromatic carbocycles. The lowest BCUT2D eigenvalue weighted by atomic mass is 10.2. The molecule has 7 nitrogen and oxygen atoms in total. The van der Waals surface area contributed by atoms with Crippen molar-refractivity contribution < 1.29 is 0 Å². The summed E-state index contributed by atoms with van der Waals surface area (Å²) in [7, 11) is 4.08. The molecule has 0 radical (unpaired) electrons. The number of H-pyrrole nitrogens is 2. The van der Waals surface area contributed by atoms with Gasteiger partial charge in [0.1, 0.15) is 11.6 Å². The third-order valence-electron chi connectivity index (χ3n) is 6.40. The van der Waals surface area contributed by atoms with E-state index >= 15 is 0 Å². The lowest BCUT2D eigenvalue weighted by Gasteiger charge is -2.21. The van der Waals surface area contributed by atoms with Crippen LogP contribution in [-0.4, -0.2) is 59.9 Å². The van der Waals surface area contributed by atoms with Crippen LogP contribution in [-0.2, 0) is 0 Å². The summed E-state index contributed by atoms with van der Waals surface area (Å²) in [5.74, 6) is 1.72. The van der Waals surface area contributed by atoms with Crippen molar-refractivity contribution in [2.24, 2.45) is 4.99 Å². The van der Waals surface area contributed by atoms with Gasteiger partial charge in [0, 0.05) is 55.9 Å². The van der Waals surface area contributed by atoms with Gasteiger partial charge in [0.05, 0.1) is 28.6 Å². The van der Waals surface area contributed by atoms with E-state index in [4.69, 9.17) is 9.97 Å². The van der Waals surface area contributed by atoms with Crippen LogP contribution < -0.4 is 9.80 Å². The van der Waals surface area contributed by atoms with E-state index < -0.39 is 0 Å². The van der Waals surface area contributed by atoms with E-state index in [0.717, 1.165) is 70.9 Å². The highest BCUT2D eigenvalue weighted by atomic mass is 15.1. The first-order chi connectivity index (χ1) is 16.6. The number of nitrogens with zero attached hydrogens (tertiary/aromatic N) is 5. The van der Waals surface area contributed by atoms with Crippen molar-refractivity contribution in [1.29, 1.82) is 0 Å². The second-order valence-corrected chi connectivity index (χ2v) is 8.91. The molecule has 0 aliphatic carbocycles. The maximum Gasteiger partial charge on any atom is 0.138 e. The van der Waals surface area contributed by atoms with E-state index in [1.807, 2.05) is 20.3 Å². The Morgan fingerprint density at radius 2 is 1.44 bits per heavy atom. The molecule has 6 rings (SSSR count). The summed E-state index contributed by atoms with van der Waals surface area (Å²) >= 11 is 0. The zero-order valence-electron chi connectivity index (χ0n) is 19.4. The summed E-state index contributed by atoms with van der Waals surface area (Å²) in [5.41, 5.74) is 8.40. The van der Waals surface area contributed by atoms with Gasteiger partial charge < -0.3 is 19.8 Å². The number of aliphatic imine (C=N–C) groups is 1. The predicted molar refractivity (Wildman–Crippen MR) is 141 cm³/mol. The molecule has 34 heavy (non-hydrogen) atoms. The van der Waals surface area contributed by atoms with Crippen LogP contribution in [0.4, 0.5) is 11.4 Å². The molecule has 0 saturated carbocycles. The number of hydrogen-bond acceptors (Lipinski definition) is 5. The minimum Gasteiger partial charge on any atom is -0.378 e. The third-order valence-corrected chi connectivity index (χ3v) is 6.40. The predicted octanol–water partition coefficient (Wildman–Crippen LogP) is 5.12. The molecule has 1 aliphatic rings. The van der Waals surface area contributed by atoms with Crippen molar-refractivity contribution in [3.63, 3.8) is 0 Å². The molecule has 0 bridgehead atoms. The van der Waals surface area contributed by atoms with Gasteiger partial charge in [0.2, 0.25) is 0 Å². The summed E-state index contributed by atoms with van der Waals surface area (Å²) in [6.07, 6.45) is 3.01. The molecule has 0 atom stereocenters. The summed E-state index contributed by atoms with van der Waals surface area (Å²) in [5, 5.41) is 0. The number of aromatic nitrogens is 4. The summed E-state index contributed by atoms with van der Waals surface area (Å²) < 4.78 is 0. The molecule has 170 valence electrons. The summed E-state index contributed by atoms with van der Waals surface area (Å²) in [6.45, 7) is 2.77. The molecule has 2 N–H and O–H groups in total. The fourth-order valence-electron chi connectivity index (χ4n) is 4.48. The molecule has 5 aromatic rings. The molecular weight excluding hydrogens is 422 g/mol. The van der Waals surface area contributed by atoms with Crippen LogP contribution in [0.3, 0.4) is 0 Å². The minimum atomic E-state index is 0.843. The maximum absolute atomic E-state index is 4.90. The van der Waals surface area contributed by atoms with Crippen LogP contribution in [0.5, 0.6) is 0 Å². The minimum absolute atomic E-state index is 0.843. The van der Waals surface area contributed by atoms with Gasteiger partial charge in [-0.1, -0.05) is 0 Å². The second kappa shape index (κ2) is 8.33. The van der Waals surface area contributed by atoms with E-state index in [0.29, 0.717) is 0 Å². The van der Waals surface area contributed by atoms with Crippen LogP contribution in [0, 0.1) is 0 Å². The Balaban J connectivity index is 1.30. The Morgan fingerprint density at radius 1 is 0.765 bits per heavy atom. The number of benzene rings is 3. The van der Waals surface area contributed by atoms with E-state index in [1.165, 1.54) is 11.4 Å². The smallest absolute Gasteiger partial charge is 0.138 e. The number of rotatable bonds is 4. The fraction of sp³-hybridized carbons (Fsp3) is 0.222. The van der Waals surface area contributed by atoms with E-state index in [2.05, 4.69) is 85.4 Å².